The molecule has 1 amide bonds. The van der Waals surface area contributed by atoms with Crippen LogP contribution in [0, 0.1) is 12.7 Å². The van der Waals surface area contributed by atoms with Gasteiger partial charge in [0.25, 0.3) is 5.91 Å². The van der Waals surface area contributed by atoms with Crippen LogP contribution in [0.15, 0.2) is 42.5 Å². The number of hydrogen-bond donors (Lipinski definition) is 1. The summed E-state index contributed by atoms with van der Waals surface area (Å²) in [6.45, 7) is 2.32. The van der Waals surface area contributed by atoms with E-state index in [0.29, 0.717) is 24.9 Å². The summed E-state index contributed by atoms with van der Waals surface area (Å²) < 4.78 is 14.5. The van der Waals surface area contributed by atoms with Crippen molar-refractivity contribution in [2.45, 2.75) is 25.8 Å². The van der Waals surface area contributed by atoms with Crippen molar-refractivity contribution < 1.29 is 19.1 Å². The Labute approximate surface area is 139 Å². The lowest BCUT2D eigenvalue weighted by Crippen LogP contribution is -2.40. The fourth-order valence-corrected chi connectivity index (χ4v) is 3.04. The zero-order chi connectivity index (χ0) is 17.3. The highest BCUT2D eigenvalue weighted by atomic mass is 19.1. The SMILES string of the molecule is Cc1ccc(-c2ccc(C(=O)N3CCC[C@H]3C(=O)O)c(F)c2)cc1. The van der Waals surface area contributed by atoms with Crippen molar-refractivity contribution in [3.05, 3.63) is 59.4 Å². The number of halogens is 1. The molecule has 5 heteroatoms. The molecule has 0 spiro atoms. The molecule has 124 valence electrons. The molecular weight excluding hydrogens is 309 g/mol. The van der Waals surface area contributed by atoms with Gasteiger partial charge >= 0.3 is 5.97 Å². The lowest BCUT2D eigenvalue weighted by atomic mass is 10.0. The van der Waals surface area contributed by atoms with Crippen LogP contribution < -0.4 is 0 Å². The highest BCUT2D eigenvalue weighted by Gasteiger charge is 2.35. The molecule has 1 fully saturated rings. The van der Waals surface area contributed by atoms with Gasteiger partial charge in [-0.15, -0.1) is 0 Å². The molecule has 24 heavy (non-hydrogen) atoms. The van der Waals surface area contributed by atoms with Crippen molar-refractivity contribution in [2.24, 2.45) is 0 Å². The van der Waals surface area contributed by atoms with Gasteiger partial charge in [0, 0.05) is 6.54 Å². The molecule has 1 N–H and O–H groups in total. The van der Waals surface area contributed by atoms with Gasteiger partial charge in [0.1, 0.15) is 11.9 Å². The molecule has 1 atom stereocenters. The fourth-order valence-electron chi connectivity index (χ4n) is 3.04. The van der Waals surface area contributed by atoms with Crippen LogP contribution in [0.3, 0.4) is 0 Å². The third-order valence-electron chi connectivity index (χ3n) is 4.38. The van der Waals surface area contributed by atoms with E-state index in [0.717, 1.165) is 11.1 Å². The average molecular weight is 327 g/mol. The largest absolute Gasteiger partial charge is 0.480 e. The van der Waals surface area contributed by atoms with E-state index < -0.39 is 23.7 Å². The smallest absolute Gasteiger partial charge is 0.326 e. The lowest BCUT2D eigenvalue weighted by molar-refractivity contribution is -0.141. The average Bonchev–Trinajstić information content (AvgIpc) is 3.05. The molecule has 1 heterocycles. The zero-order valence-corrected chi connectivity index (χ0v) is 13.3. The predicted molar refractivity (Wildman–Crippen MR) is 88.3 cm³/mol. The standard InChI is InChI=1S/C19H18FNO3/c1-12-4-6-13(7-5-12)14-8-9-15(16(20)11-14)18(22)21-10-2-3-17(21)19(23)24/h4-9,11,17H,2-3,10H2,1H3,(H,23,24)/t17-/m0/s1. The van der Waals surface area contributed by atoms with Crippen LogP contribution >= 0.6 is 0 Å². The second-order valence-electron chi connectivity index (χ2n) is 6.06. The highest BCUT2D eigenvalue weighted by Crippen LogP contribution is 2.25. The fraction of sp³-hybridized carbons (Fsp3) is 0.263. The summed E-state index contributed by atoms with van der Waals surface area (Å²) in [6, 6.07) is 11.2. The molecule has 0 aliphatic carbocycles. The van der Waals surface area contributed by atoms with Crippen LogP contribution in [0.4, 0.5) is 4.39 Å². The first-order valence-electron chi connectivity index (χ1n) is 7.88. The van der Waals surface area contributed by atoms with E-state index in [-0.39, 0.29) is 5.56 Å². The number of aryl methyl sites for hydroxylation is 1. The first-order chi connectivity index (χ1) is 11.5. The van der Waals surface area contributed by atoms with Gasteiger partial charge in [0.05, 0.1) is 5.56 Å². The van der Waals surface area contributed by atoms with Crippen LogP contribution in [0.5, 0.6) is 0 Å². The van der Waals surface area contributed by atoms with E-state index in [9.17, 15) is 19.1 Å². The molecule has 0 radical (unpaired) electrons. The minimum atomic E-state index is -1.04. The predicted octanol–water partition coefficient (Wildman–Crippen LogP) is 3.49. The van der Waals surface area contributed by atoms with Crippen LogP contribution in [-0.2, 0) is 4.79 Å². The van der Waals surface area contributed by atoms with Crippen molar-refractivity contribution in [1.82, 2.24) is 4.90 Å². The molecule has 1 aliphatic heterocycles. The van der Waals surface area contributed by atoms with E-state index in [1.165, 1.54) is 17.0 Å². The lowest BCUT2D eigenvalue weighted by Gasteiger charge is -2.21. The molecule has 3 rings (SSSR count). The number of rotatable bonds is 3. The maximum Gasteiger partial charge on any atom is 0.326 e. The second-order valence-corrected chi connectivity index (χ2v) is 6.06. The van der Waals surface area contributed by atoms with Crippen molar-refractivity contribution >= 4 is 11.9 Å². The number of carbonyl (C=O) groups is 2. The van der Waals surface area contributed by atoms with Gasteiger partial charge < -0.3 is 10.0 Å². The van der Waals surface area contributed by atoms with E-state index in [2.05, 4.69) is 0 Å². The monoisotopic (exact) mass is 327 g/mol. The summed E-state index contributed by atoms with van der Waals surface area (Å²) in [5.74, 6) is -2.24. The van der Waals surface area contributed by atoms with Gasteiger partial charge in [-0.3, -0.25) is 4.79 Å². The van der Waals surface area contributed by atoms with Crippen molar-refractivity contribution in [3.63, 3.8) is 0 Å². The highest BCUT2D eigenvalue weighted by molar-refractivity contribution is 5.97. The molecule has 0 unspecified atom stereocenters. The molecule has 0 aromatic heterocycles. The first kappa shape index (κ1) is 16.2. The number of likely N-dealkylation sites (tertiary alicyclic amines) is 1. The number of nitrogens with zero attached hydrogens (tertiary/aromatic N) is 1. The summed E-state index contributed by atoms with van der Waals surface area (Å²) in [5, 5.41) is 9.18. The maximum absolute atomic E-state index is 14.5. The molecular formula is C19H18FNO3. The Morgan fingerprint density at radius 1 is 1.12 bits per heavy atom. The Balaban J connectivity index is 1.88. The van der Waals surface area contributed by atoms with E-state index in [1.807, 2.05) is 31.2 Å². The van der Waals surface area contributed by atoms with Gasteiger partial charge in [-0.2, -0.15) is 0 Å². The third kappa shape index (κ3) is 3.02. The summed E-state index contributed by atoms with van der Waals surface area (Å²) in [6.07, 6.45) is 1.02. The van der Waals surface area contributed by atoms with Crippen LogP contribution in [0.1, 0.15) is 28.8 Å². The number of carboxylic acid groups (broad SMARTS) is 1. The molecule has 1 saturated heterocycles. The Bertz CT molecular complexity index is 786. The minimum absolute atomic E-state index is 0.0842. The molecule has 2 aromatic carbocycles. The van der Waals surface area contributed by atoms with Gasteiger partial charge in [-0.25, -0.2) is 9.18 Å². The van der Waals surface area contributed by atoms with Gasteiger partial charge in [0.15, 0.2) is 0 Å². The molecule has 4 nitrogen and oxygen atoms in total. The topological polar surface area (TPSA) is 57.6 Å². The van der Waals surface area contributed by atoms with Crippen LogP contribution in [0.25, 0.3) is 11.1 Å². The maximum atomic E-state index is 14.5. The molecule has 0 saturated carbocycles. The van der Waals surface area contributed by atoms with Gasteiger partial charge in [0.2, 0.25) is 0 Å². The van der Waals surface area contributed by atoms with Crippen molar-refractivity contribution in [3.8, 4) is 11.1 Å². The Morgan fingerprint density at radius 3 is 2.42 bits per heavy atom. The van der Waals surface area contributed by atoms with Crippen molar-refractivity contribution in [2.75, 3.05) is 6.54 Å². The number of carbonyl (C=O) groups excluding carboxylic acids is 1. The molecule has 0 bridgehead atoms. The Morgan fingerprint density at radius 2 is 1.79 bits per heavy atom. The van der Waals surface area contributed by atoms with E-state index >= 15 is 0 Å². The third-order valence-corrected chi connectivity index (χ3v) is 4.38. The summed E-state index contributed by atoms with van der Waals surface area (Å²) in [4.78, 5) is 25.0. The van der Waals surface area contributed by atoms with Crippen LogP contribution in [-0.4, -0.2) is 34.5 Å². The number of hydrogen-bond acceptors (Lipinski definition) is 2. The van der Waals surface area contributed by atoms with E-state index in [4.69, 9.17) is 0 Å². The Hall–Kier alpha value is -2.69. The normalized spacial score (nSPS) is 17.1. The van der Waals surface area contributed by atoms with E-state index in [1.54, 1.807) is 6.07 Å². The minimum Gasteiger partial charge on any atom is -0.480 e. The number of aliphatic carboxylic acids is 1. The summed E-state index contributed by atoms with van der Waals surface area (Å²) >= 11 is 0. The van der Waals surface area contributed by atoms with Gasteiger partial charge in [-0.1, -0.05) is 35.9 Å². The summed E-state index contributed by atoms with van der Waals surface area (Å²) in [7, 11) is 0. The van der Waals surface area contributed by atoms with Crippen LogP contribution in [0.2, 0.25) is 0 Å². The molecule has 2 aromatic rings. The number of carboxylic acids is 1. The second kappa shape index (κ2) is 6.43. The zero-order valence-electron chi connectivity index (χ0n) is 13.3. The number of benzene rings is 2. The Kier molecular flexibility index (Phi) is 4.34. The molecule has 1 aliphatic rings. The number of amides is 1. The first-order valence-corrected chi connectivity index (χ1v) is 7.88. The van der Waals surface area contributed by atoms with Crippen molar-refractivity contribution in [1.29, 1.82) is 0 Å². The van der Waals surface area contributed by atoms with Gasteiger partial charge in [-0.05, 0) is 43.0 Å². The quantitative estimate of drug-likeness (QED) is 0.939. The summed E-state index contributed by atoms with van der Waals surface area (Å²) in [5.41, 5.74) is 2.57.